The highest BCUT2D eigenvalue weighted by Crippen LogP contribution is 2.21. The fraction of sp³-hybridized carbons (Fsp3) is 0.211. The van der Waals surface area contributed by atoms with Crippen LogP contribution in [-0.2, 0) is 4.74 Å². The van der Waals surface area contributed by atoms with E-state index in [1.807, 2.05) is 0 Å². The SMILES string of the molecule is O=C(c1ccc(Cl)c(-n2c(=O)[nH]c3ccccc3c2=O)c1)N1CCOCC1. The molecule has 0 unspecified atom stereocenters. The lowest BCUT2D eigenvalue weighted by Crippen LogP contribution is -2.40. The third-order valence-corrected chi connectivity index (χ3v) is 4.86. The van der Waals surface area contributed by atoms with Gasteiger partial charge >= 0.3 is 5.69 Å². The Labute approximate surface area is 158 Å². The van der Waals surface area contributed by atoms with Crippen molar-refractivity contribution < 1.29 is 9.53 Å². The first-order valence-corrected chi connectivity index (χ1v) is 8.85. The zero-order chi connectivity index (χ0) is 19.0. The van der Waals surface area contributed by atoms with Gasteiger partial charge in [0.15, 0.2) is 0 Å². The molecule has 0 spiro atoms. The Balaban J connectivity index is 1.85. The number of para-hydroxylation sites is 1. The van der Waals surface area contributed by atoms with Gasteiger partial charge in [-0.15, -0.1) is 0 Å². The molecule has 4 rings (SSSR count). The molecule has 1 aliphatic heterocycles. The number of ether oxygens (including phenoxy) is 1. The molecular weight excluding hydrogens is 370 g/mol. The summed E-state index contributed by atoms with van der Waals surface area (Å²) >= 11 is 6.26. The highest BCUT2D eigenvalue weighted by molar-refractivity contribution is 6.32. The van der Waals surface area contributed by atoms with Gasteiger partial charge < -0.3 is 14.6 Å². The molecule has 2 aromatic carbocycles. The van der Waals surface area contributed by atoms with Crippen molar-refractivity contribution in [2.24, 2.45) is 0 Å². The highest BCUT2D eigenvalue weighted by atomic mass is 35.5. The zero-order valence-corrected chi connectivity index (χ0v) is 15.0. The maximum Gasteiger partial charge on any atom is 0.333 e. The molecule has 0 aliphatic carbocycles. The molecular formula is C19H16ClN3O4. The van der Waals surface area contributed by atoms with Crippen LogP contribution in [0.3, 0.4) is 0 Å². The molecule has 138 valence electrons. The van der Waals surface area contributed by atoms with E-state index in [0.717, 1.165) is 4.57 Å². The first-order valence-electron chi connectivity index (χ1n) is 8.47. The lowest BCUT2D eigenvalue weighted by Gasteiger charge is -2.27. The van der Waals surface area contributed by atoms with Crippen molar-refractivity contribution in [3.8, 4) is 5.69 Å². The molecule has 1 aliphatic rings. The van der Waals surface area contributed by atoms with Gasteiger partial charge in [0.25, 0.3) is 11.5 Å². The number of halogens is 1. The van der Waals surface area contributed by atoms with Crippen molar-refractivity contribution in [1.82, 2.24) is 14.5 Å². The summed E-state index contributed by atoms with van der Waals surface area (Å²) in [6.45, 7) is 1.95. The predicted octanol–water partition coefficient (Wildman–Crippen LogP) is 1.80. The third-order valence-electron chi connectivity index (χ3n) is 4.54. The second kappa shape index (κ2) is 7.02. The van der Waals surface area contributed by atoms with Crippen molar-refractivity contribution in [1.29, 1.82) is 0 Å². The molecule has 2 heterocycles. The highest BCUT2D eigenvalue weighted by Gasteiger charge is 2.20. The molecule has 8 heteroatoms. The summed E-state index contributed by atoms with van der Waals surface area (Å²) in [4.78, 5) is 42.5. The van der Waals surface area contributed by atoms with Crippen molar-refractivity contribution in [2.75, 3.05) is 26.3 Å². The van der Waals surface area contributed by atoms with Crippen LogP contribution in [-0.4, -0.2) is 46.7 Å². The summed E-state index contributed by atoms with van der Waals surface area (Å²) in [5, 5.41) is 0.564. The molecule has 0 saturated carbocycles. The molecule has 1 aromatic heterocycles. The Bertz CT molecular complexity index is 1150. The van der Waals surface area contributed by atoms with Crippen LogP contribution in [0.1, 0.15) is 10.4 Å². The van der Waals surface area contributed by atoms with Crippen molar-refractivity contribution in [3.05, 3.63) is 73.9 Å². The van der Waals surface area contributed by atoms with Crippen LogP contribution >= 0.6 is 11.6 Å². The molecule has 1 amide bonds. The summed E-state index contributed by atoms with van der Waals surface area (Å²) in [7, 11) is 0. The largest absolute Gasteiger partial charge is 0.378 e. The van der Waals surface area contributed by atoms with Crippen LogP contribution in [0.25, 0.3) is 16.6 Å². The minimum atomic E-state index is -0.614. The van der Waals surface area contributed by atoms with Gasteiger partial charge in [0.2, 0.25) is 0 Å². The Kier molecular flexibility index (Phi) is 4.55. The molecule has 27 heavy (non-hydrogen) atoms. The number of rotatable bonds is 2. The Hall–Kier alpha value is -2.90. The number of morpholine rings is 1. The number of H-pyrrole nitrogens is 1. The van der Waals surface area contributed by atoms with Crippen LogP contribution < -0.4 is 11.2 Å². The second-order valence-corrected chi connectivity index (χ2v) is 6.59. The maximum atomic E-state index is 12.9. The van der Waals surface area contributed by atoms with Crippen LogP contribution in [0.4, 0.5) is 0 Å². The van der Waals surface area contributed by atoms with E-state index in [9.17, 15) is 14.4 Å². The van der Waals surface area contributed by atoms with Crippen molar-refractivity contribution >= 4 is 28.4 Å². The van der Waals surface area contributed by atoms with Crippen LogP contribution in [0.5, 0.6) is 0 Å². The summed E-state index contributed by atoms with van der Waals surface area (Å²) in [6, 6.07) is 11.3. The number of fused-ring (bicyclic) bond motifs is 1. The smallest absolute Gasteiger partial charge is 0.333 e. The van der Waals surface area contributed by atoms with Gasteiger partial charge in [-0.2, -0.15) is 0 Å². The van der Waals surface area contributed by atoms with Gasteiger partial charge in [-0.3, -0.25) is 9.59 Å². The van der Waals surface area contributed by atoms with Crippen LogP contribution in [0, 0.1) is 0 Å². The van der Waals surface area contributed by atoms with Crippen LogP contribution in [0.15, 0.2) is 52.1 Å². The summed E-state index contributed by atoms with van der Waals surface area (Å²) in [6.07, 6.45) is 0. The number of nitrogens with one attached hydrogen (secondary N) is 1. The van der Waals surface area contributed by atoms with Gasteiger partial charge in [0, 0.05) is 18.7 Å². The topological polar surface area (TPSA) is 84.4 Å². The number of benzene rings is 2. The van der Waals surface area contributed by atoms with Crippen LogP contribution in [0.2, 0.25) is 5.02 Å². The Morgan fingerprint density at radius 1 is 1.07 bits per heavy atom. The molecule has 0 bridgehead atoms. The number of amides is 1. The molecule has 0 atom stereocenters. The van der Waals surface area contributed by atoms with E-state index < -0.39 is 11.2 Å². The standard InChI is InChI=1S/C19H16ClN3O4/c20-14-6-5-12(17(24)22-7-9-27-10-8-22)11-16(14)23-18(25)13-3-1-2-4-15(13)21-19(23)26/h1-6,11H,7-10H2,(H,21,26). The normalized spacial score (nSPS) is 14.5. The van der Waals surface area contributed by atoms with Crippen molar-refractivity contribution in [3.63, 3.8) is 0 Å². The van der Waals surface area contributed by atoms with Gasteiger partial charge in [0.05, 0.1) is 34.8 Å². The molecule has 1 fully saturated rings. The average molecular weight is 386 g/mol. The van der Waals surface area contributed by atoms with E-state index in [4.69, 9.17) is 16.3 Å². The van der Waals surface area contributed by atoms with E-state index in [1.165, 1.54) is 12.1 Å². The summed E-state index contributed by atoms with van der Waals surface area (Å²) in [5.41, 5.74) is -0.132. The monoisotopic (exact) mass is 385 g/mol. The maximum absolute atomic E-state index is 12.9. The number of hydrogen-bond acceptors (Lipinski definition) is 4. The number of aromatic amines is 1. The fourth-order valence-corrected chi connectivity index (χ4v) is 3.35. The van der Waals surface area contributed by atoms with E-state index in [2.05, 4.69) is 4.98 Å². The molecule has 0 radical (unpaired) electrons. The molecule has 1 N–H and O–H groups in total. The molecule has 3 aromatic rings. The van der Waals surface area contributed by atoms with Gasteiger partial charge in [0.1, 0.15) is 0 Å². The quantitative estimate of drug-likeness (QED) is 0.729. The minimum Gasteiger partial charge on any atom is -0.378 e. The zero-order valence-electron chi connectivity index (χ0n) is 14.3. The first kappa shape index (κ1) is 17.5. The Morgan fingerprint density at radius 3 is 2.59 bits per heavy atom. The first-order chi connectivity index (χ1) is 13.1. The fourth-order valence-electron chi connectivity index (χ4n) is 3.15. The van der Waals surface area contributed by atoms with Gasteiger partial charge in [-0.1, -0.05) is 23.7 Å². The van der Waals surface area contributed by atoms with E-state index in [0.29, 0.717) is 42.8 Å². The molecule has 7 nitrogen and oxygen atoms in total. The predicted molar refractivity (Wildman–Crippen MR) is 102 cm³/mol. The molecule has 1 saturated heterocycles. The van der Waals surface area contributed by atoms with Gasteiger partial charge in [-0.25, -0.2) is 9.36 Å². The number of aromatic nitrogens is 2. The number of carbonyl (C=O) groups excluding carboxylic acids is 1. The third kappa shape index (κ3) is 3.15. The number of nitrogens with zero attached hydrogens (tertiary/aromatic N) is 2. The number of hydrogen-bond donors (Lipinski definition) is 1. The van der Waals surface area contributed by atoms with Crippen molar-refractivity contribution in [2.45, 2.75) is 0 Å². The lowest BCUT2D eigenvalue weighted by atomic mass is 10.1. The summed E-state index contributed by atoms with van der Waals surface area (Å²) in [5.74, 6) is -0.193. The minimum absolute atomic E-state index is 0.174. The van der Waals surface area contributed by atoms with E-state index in [-0.39, 0.29) is 16.6 Å². The summed E-state index contributed by atoms with van der Waals surface area (Å²) < 4.78 is 6.22. The second-order valence-electron chi connectivity index (χ2n) is 6.19. The van der Waals surface area contributed by atoms with E-state index in [1.54, 1.807) is 35.2 Å². The number of carbonyl (C=O) groups is 1. The van der Waals surface area contributed by atoms with Gasteiger partial charge in [-0.05, 0) is 30.3 Å². The lowest BCUT2D eigenvalue weighted by molar-refractivity contribution is 0.0303. The Morgan fingerprint density at radius 2 is 1.81 bits per heavy atom. The van der Waals surface area contributed by atoms with E-state index >= 15 is 0 Å². The average Bonchev–Trinajstić information content (AvgIpc) is 2.69.